The second kappa shape index (κ2) is 5.56. The highest BCUT2D eigenvalue weighted by molar-refractivity contribution is 5.60. The van der Waals surface area contributed by atoms with Crippen LogP contribution in [-0.4, -0.2) is 47.6 Å². The molecule has 0 amide bonds. The molecule has 20 heavy (non-hydrogen) atoms. The quantitative estimate of drug-likeness (QED) is 0.905. The molecule has 0 spiro atoms. The fourth-order valence-electron chi connectivity index (χ4n) is 2.98. The third kappa shape index (κ3) is 2.87. The zero-order valence-electron chi connectivity index (χ0n) is 12.5. The van der Waals surface area contributed by atoms with Crippen LogP contribution in [-0.2, 0) is 0 Å². The van der Waals surface area contributed by atoms with Gasteiger partial charge in [0.15, 0.2) is 0 Å². The Balaban J connectivity index is 1.70. The van der Waals surface area contributed by atoms with E-state index in [0.717, 1.165) is 38.5 Å². The van der Waals surface area contributed by atoms with Gasteiger partial charge in [-0.2, -0.15) is 0 Å². The van der Waals surface area contributed by atoms with Gasteiger partial charge in [-0.1, -0.05) is 13.8 Å². The molecule has 2 N–H and O–H groups in total. The van der Waals surface area contributed by atoms with E-state index in [1.165, 1.54) is 24.3 Å². The van der Waals surface area contributed by atoms with Crippen LogP contribution in [0.2, 0.25) is 0 Å². The Morgan fingerprint density at radius 2 is 1.90 bits per heavy atom. The SMILES string of the molecule is C[C](C)CN1CCN(c2ncnc(N)c2C2CC2)CC1. The van der Waals surface area contributed by atoms with Crippen molar-refractivity contribution in [2.24, 2.45) is 0 Å². The first-order valence-electron chi connectivity index (χ1n) is 7.52. The Kier molecular flexibility index (Phi) is 3.78. The molecule has 3 rings (SSSR count). The molecule has 0 atom stereocenters. The lowest BCUT2D eigenvalue weighted by atomic mass is 10.1. The van der Waals surface area contributed by atoms with Crippen molar-refractivity contribution >= 4 is 11.6 Å². The molecule has 1 saturated carbocycles. The molecule has 5 heteroatoms. The number of rotatable bonds is 4. The van der Waals surface area contributed by atoms with Gasteiger partial charge in [0.25, 0.3) is 0 Å². The van der Waals surface area contributed by atoms with Gasteiger partial charge in [-0.3, -0.25) is 4.90 Å². The van der Waals surface area contributed by atoms with E-state index in [1.54, 1.807) is 6.33 Å². The van der Waals surface area contributed by atoms with Crippen molar-refractivity contribution in [1.29, 1.82) is 0 Å². The van der Waals surface area contributed by atoms with Crippen molar-refractivity contribution in [3.05, 3.63) is 17.8 Å². The van der Waals surface area contributed by atoms with E-state index in [4.69, 9.17) is 5.73 Å². The average molecular weight is 274 g/mol. The van der Waals surface area contributed by atoms with Gasteiger partial charge in [0.2, 0.25) is 0 Å². The third-order valence-electron chi connectivity index (χ3n) is 4.09. The molecular formula is C15H24N5. The summed E-state index contributed by atoms with van der Waals surface area (Å²) in [4.78, 5) is 13.6. The maximum atomic E-state index is 6.07. The fourth-order valence-corrected chi connectivity index (χ4v) is 2.98. The van der Waals surface area contributed by atoms with Crippen molar-refractivity contribution in [2.45, 2.75) is 32.6 Å². The summed E-state index contributed by atoms with van der Waals surface area (Å²) in [5, 5.41) is 0. The van der Waals surface area contributed by atoms with Crippen molar-refractivity contribution in [1.82, 2.24) is 14.9 Å². The van der Waals surface area contributed by atoms with Crippen LogP contribution in [0, 0.1) is 5.92 Å². The van der Waals surface area contributed by atoms with E-state index < -0.39 is 0 Å². The Labute approximate surface area is 121 Å². The number of hydrogen-bond donors (Lipinski definition) is 1. The number of nitrogen functional groups attached to an aromatic ring is 1. The van der Waals surface area contributed by atoms with E-state index in [2.05, 4.69) is 33.6 Å². The van der Waals surface area contributed by atoms with E-state index in [-0.39, 0.29) is 0 Å². The number of anilines is 2. The summed E-state index contributed by atoms with van der Waals surface area (Å²) in [5.41, 5.74) is 7.26. The molecule has 0 bridgehead atoms. The topological polar surface area (TPSA) is 58.3 Å². The van der Waals surface area contributed by atoms with E-state index in [9.17, 15) is 0 Å². The zero-order chi connectivity index (χ0) is 14.1. The van der Waals surface area contributed by atoms with E-state index in [0.29, 0.717) is 11.7 Å². The Morgan fingerprint density at radius 3 is 2.50 bits per heavy atom. The van der Waals surface area contributed by atoms with Crippen LogP contribution in [0.4, 0.5) is 11.6 Å². The third-order valence-corrected chi connectivity index (χ3v) is 4.09. The lowest BCUT2D eigenvalue weighted by Gasteiger charge is -2.36. The normalized spacial score (nSPS) is 20.6. The maximum Gasteiger partial charge on any atom is 0.137 e. The summed E-state index contributed by atoms with van der Waals surface area (Å²) in [6.45, 7) is 9.76. The molecule has 2 aliphatic rings. The van der Waals surface area contributed by atoms with Crippen molar-refractivity contribution < 1.29 is 0 Å². The second-order valence-corrected chi connectivity index (χ2v) is 6.24. The predicted molar refractivity (Wildman–Crippen MR) is 81.7 cm³/mol. The van der Waals surface area contributed by atoms with Gasteiger partial charge in [0, 0.05) is 38.3 Å². The lowest BCUT2D eigenvalue weighted by molar-refractivity contribution is 0.266. The Morgan fingerprint density at radius 1 is 1.20 bits per heavy atom. The van der Waals surface area contributed by atoms with Crippen LogP contribution in [0.1, 0.15) is 38.2 Å². The minimum atomic E-state index is 0.593. The summed E-state index contributed by atoms with van der Waals surface area (Å²) < 4.78 is 0. The number of nitrogens with zero attached hydrogens (tertiary/aromatic N) is 4. The van der Waals surface area contributed by atoms with E-state index >= 15 is 0 Å². The summed E-state index contributed by atoms with van der Waals surface area (Å²) in [7, 11) is 0. The number of aromatic nitrogens is 2. The molecule has 1 aromatic rings. The average Bonchev–Trinajstić information content (AvgIpc) is 3.23. The molecule has 0 aromatic carbocycles. The number of hydrogen-bond acceptors (Lipinski definition) is 5. The highest BCUT2D eigenvalue weighted by atomic mass is 15.3. The first kappa shape index (κ1) is 13.6. The molecule has 1 saturated heterocycles. The van der Waals surface area contributed by atoms with Crippen molar-refractivity contribution in [2.75, 3.05) is 43.4 Å². The van der Waals surface area contributed by atoms with Gasteiger partial charge < -0.3 is 10.6 Å². The van der Waals surface area contributed by atoms with Crippen molar-refractivity contribution in [3.63, 3.8) is 0 Å². The highest BCUT2D eigenvalue weighted by Crippen LogP contribution is 2.45. The largest absolute Gasteiger partial charge is 0.383 e. The van der Waals surface area contributed by atoms with Crippen LogP contribution in [0.3, 0.4) is 0 Å². The van der Waals surface area contributed by atoms with E-state index in [1.807, 2.05) is 0 Å². The molecule has 5 nitrogen and oxygen atoms in total. The number of piperazine rings is 1. The minimum absolute atomic E-state index is 0.593. The van der Waals surface area contributed by atoms with Gasteiger partial charge in [0.1, 0.15) is 18.0 Å². The molecule has 2 heterocycles. The van der Waals surface area contributed by atoms with Crippen LogP contribution < -0.4 is 10.6 Å². The molecular weight excluding hydrogens is 250 g/mol. The van der Waals surface area contributed by atoms with Gasteiger partial charge in [-0.15, -0.1) is 0 Å². The van der Waals surface area contributed by atoms with Crippen LogP contribution >= 0.6 is 0 Å². The van der Waals surface area contributed by atoms with Crippen LogP contribution in [0.15, 0.2) is 6.33 Å². The molecule has 1 radical (unpaired) electrons. The Bertz CT molecular complexity index is 461. The molecule has 1 aliphatic heterocycles. The van der Waals surface area contributed by atoms with Crippen molar-refractivity contribution in [3.8, 4) is 0 Å². The zero-order valence-corrected chi connectivity index (χ0v) is 12.5. The summed E-state index contributed by atoms with van der Waals surface area (Å²) in [5.74, 6) is 3.83. The fraction of sp³-hybridized carbons (Fsp3) is 0.667. The molecule has 109 valence electrons. The standard InChI is InChI=1S/C15H24N5/c1-11(2)9-19-5-7-20(8-6-19)15-13(12-3-4-12)14(16)17-10-18-15/h10,12H,3-9H2,1-2H3,(H2,16,17,18). The molecule has 2 fully saturated rings. The lowest BCUT2D eigenvalue weighted by Crippen LogP contribution is -2.47. The van der Waals surface area contributed by atoms with Gasteiger partial charge in [-0.25, -0.2) is 9.97 Å². The smallest absolute Gasteiger partial charge is 0.137 e. The number of nitrogens with two attached hydrogens (primary N) is 1. The van der Waals surface area contributed by atoms with Gasteiger partial charge in [-0.05, 0) is 24.7 Å². The first-order valence-corrected chi connectivity index (χ1v) is 7.52. The Hall–Kier alpha value is -1.36. The maximum absolute atomic E-state index is 6.07. The monoisotopic (exact) mass is 274 g/mol. The predicted octanol–water partition coefficient (Wildman–Crippen LogP) is 1.67. The molecule has 1 aliphatic carbocycles. The van der Waals surface area contributed by atoms with Gasteiger partial charge in [0.05, 0.1) is 0 Å². The summed E-state index contributed by atoms with van der Waals surface area (Å²) >= 11 is 0. The van der Waals surface area contributed by atoms with Crippen LogP contribution in [0.25, 0.3) is 0 Å². The minimum Gasteiger partial charge on any atom is -0.383 e. The highest BCUT2D eigenvalue weighted by Gasteiger charge is 2.32. The van der Waals surface area contributed by atoms with Crippen LogP contribution in [0.5, 0.6) is 0 Å². The summed E-state index contributed by atoms with van der Waals surface area (Å²) in [6.07, 6.45) is 4.07. The van der Waals surface area contributed by atoms with Gasteiger partial charge >= 0.3 is 0 Å². The second-order valence-electron chi connectivity index (χ2n) is 6.24. The molecule has 0 unspecified atom stereocenters. The molecule has 1 aromatic heterocycles. The summed E-state index contributed by atoms with van der Waals surface area (Å²) in [6, 6.07) is 0. The first-order chi connectivity index (χ1) is 9.65.